The van der Waals surface area contributed by atoms with Gasteiger partial charge >= 0.3 is 5.97 Å². The van der Waals surface area contributed by atoms with Gasteiger partial charge in [0.1, 0.15) is 22.5 Å². The minimum atomic E-state index is -1.28. The Labute approximate surface area is 146 Å². The van der Waals surface area contributed by atoms with Gasteiger partial charge in [0.2, 0.25) is 0 Å². The normalized spacial score (nSPS) is 20.0. The number of ether oxygens (including phenoxy) is 1. The number of fused-ring (bicyclic) bond motifs is 2. The van der Waals surface area contributed by atoms with Crippen molar-refractivity contribution in [2.75, 3.05) is 0 Å². The number of rotatable bonds is 2. The van der Waals surface area contributed by atoms with Gasteiger partial charge in [0.25, 0.3) is 0 Å². The summed E-state index contributed by atoms with van der Waals surface area (Å²) in [5, 5.41) is 19.9. The standard InChI is InChI=1S/C18H13NO7/c20-8-1-2-9-14(7-8)25-16-10(19-9)3-4-11(21)15(16)18(24)26-17-12(22)5-6-13(17)23/h1-4,7,12,17,21-22H,5-6H2. The molecule has 1 aromatic carbocycles. The number of aliphatic hydroxyl groups is 1. The molecule has 1 heterocycles. The van der Waals surface area contributed by atoms with Crippen molar-refractivity contribution in [2.24, 2.45) is 0 Å². The largest absolute Gasteiger partial charge is 0.507 e. The molecule has 2 N–H and O–H groups in total. The fourth-order valence-corrected chi connectivity index (χ4v) is 2.98. The molecule has 2 unspecified atom stereocenters. The highest BCUT2D eigenvalue weighted by Gasteiger charge is 2.37. The number of carbonyl (C=O) groups is 2. The number of hydrogen-bond acceptors (Lipinski definition) is 8. The van der Waals surface area contributed by atoms with Crippen LogP contribution in [0, 0.1) is 0 Å². The predicted octanol–water partition coefficient (Wildman–Crippen LogP) is 1.25. The summed E-state index contributed by atoms with van der Waals surface area (Å²) in [4.78, 5) is 40.1. The molecule has 0 aromatic heterocycles. The molecule has 0 radical (unpaired) electrons. The number of benzene rings is 2. The summed E-state index contributed by atoms with van der Waals surface area (Å²) < 4.78 is 10.7. The number of esters is 1. The number of aromatic hydroxyl groups is 1. The predicted molar refractivity (Wildman–Crippen MR) is 88.0 cm³/mol. The molecular formula is C18H13NO7. The lowest BCUT2D eigenvalue weighted by atomic mass is 10.1. The molecule has 0 saturated heterocycles. The van der Waals surface area contributed by atoms with Crippen LogP contribution in [0.4, 0.5) is 0 Å². The Kier molecular flexibility index (Phi) is 3.69. The van der Waals surface area contributed by atoms with E-state index in [1.165, 1.54) is 30.3 Å². The molecule has 2 aliphatic carbocycles. The van der Waals surface area contributed by atoms with Crippen molar-refractivity contribution < 1.29 is 29.0 Å². The number of phenols is 1. The highest BCUT2D eigenvalue weighted by Crippen LogP contribution is 2.32. The van der Waals surface area contributed by atoms with Crippen LogP contribution in [-0.2, 0) is 9.53 Å². The first-order valence-electron chi connectivity index (χ1n) is 7.92. The van der Waals surface area contributed by atoms with Gasteiger partial charge in [-0.2, -0.15) is 0 Å². The fraction of sp³-hybridized carbons (Fsp3) is 0.222. The molecule has 0 spiro atoms. The van der Waals surface area contributed by atoms with Crippen LogP contribution in [0.15, 0.2) is 39.5 Å². The molecule has 4 rings (SSSR count). The number of ketones is 1. The van der Waals surface area contributed by atoms with Crippen LogP contribution >= 0.6 is 0 Å². The lowest BCUT2D eigenvalue weighted by Crippen LogP contribution is -2.31. The van der Waals surface area contributed by atoms with Gasteiger partial charge in [0, 0.05) is 12.5 Å². The SMILES string of the molecule is O=C(OC1C(=O)CCC1O)c1c(O)ccc2nc3ccc(=O)cc-3oc12. The molecule has 26 heavy (non-hydrogen) atoms. The number of Topliss-reactive ketones (excluding diaryl/α,β-unsaturated/α-hetero) is 1. The quantitative estimate of drug-likeness (QED) is 0.519. The molecular weight excluding hydrogens is 342 g/mol. The zero-order chi connectivity index (χ0) is 18.4. The van der Waals surface area contributed by atoms with Gasteiger partial charge in [-0.3, -0.25) is 9.59 Å². The van der Waals surface area contributed by atoms with E-state index < -0.39 is 23.9 Å². The smallest absolute Gasteiger partial charge is 0.346 e. The molecule has 8 nitrogen and oxygen atoms in total. The monoisotopic (exact) mass is 355 g/mol. The summed E-state index contributed by atoms with van der Waals surface area (Å²) in [6, 6.07) is 6.73. The maximum Gasteiger partial charge on any atom is 0.346 e. The van der Waals surface area contributed by atoms with Crippen molar-refractivity contribution in [1.29, 1.82) is 0 Å². The van der Waals surface area contributed by atoms with E-state index in [9.17, 15) is 24.6 Å². The Morgan fingerprint density at radius 2 is 2.04 bits per heavy atom. The number of hydrogen-bond donors (Lipinski definition) is 2. The third kappa shape index (κ3) is 2.60. The lowest BCUT2D eigenvalue weighted by molar-refractivity contribution is -0.127. The van der Waals surface area contributed by atoms with Crippen LogP contribution in [-0.4, -0.2) is 39.2 Å². The molecule has 1 saturated carbocycles. The molecule has 1 aromatic rings. The molecule has 1 aliphatic heterocycles. The van der Waals surface area contributed by atoms with Gasteiger partial charge in [-0.05, 0) is 30.7 Å². The van der Waals surface area contributed by atoms with E-state index in [0.29, 0.717) is 5.69 Å². The average Bonchev–Trinajstić information content (AvgIpc) is 2.92. The van der Waals surface area contributed by atoms with Crippen LogP contribution < -0.4 is 5.43 Å². The molecule has 2 atom stereocenters. The Bertz CT molecular complexity index is 1070. The second-order valence-corrected chi connectivity index (χ2v) is 6.05. The van der Waals surface area contributed by atoms with Crippen LogP contribution in [0.3, 0.4) is 0 Å². The van der Waals surface area contributed by atoms with E-state index in [1.54, 1.807) is 0 Å². The van der Waals surface area contributed by atoms with Crippen molar-refractivity contribution >= 4 is 22.9 Å². The van der Waals surface area contributed by atoms with Gasteiger partial charge in [0.05, 0.1) is 6.10 Å². The fourth-order valence-electron chi connectivity index (χ4n) is 2.98. The summed E-state index contributed by atoms with van der Waals surface area (Å²) in [7, 11) is 0. The number of aliphatic hydroxyl groups excluding tert-OH is 1. The summed E-state index contributed by atoms with van der Waals surface area (Å²) in [5.41, 5.74) is -0.0258. The van der Waals surface area contributed by atoms with Gasteiger partial charge < -0.3 is 19.4 Å². The van der Waals surface area contributed by atoms with E-state index in [4.69, 9.17) is 9.15 Å². The highest BCUT2D eigenvalue weighted by atomic mass is 16.6. The Hall–Kier alpha value is -3.26. The van der Waals surface area contributed by atoms with E-state index in [0.717, 1.165) is 0 Å². The average molecular weight is 355 g/mol. The Balaban J connectivity index is 1.84. The van der Waals surface area contributed by atoms with Gasteiger partial charge in [0.15, 0.2) is 28.7 Å². The van der Waals surface area contributed by atoms with Gasteiger partial charge in [-0.1, -0.05) is 0 Å². The number of nitrogens with zero attached hydrogens (tertiary/aromatic N) is 1. The van der Waals surface area contributed by atoms with Crippen molar-refractivity contribution in [3.05, 3.63) is 46.1 Å². The second kappa shape index (κ2) is 5.92. The minimum absolute atomic E-state index is 0.0759. The summed E-state index contributed by atoms with van der Waals surface area (Å²) >= 11 is 0. The summed E-state index contributed by atoms with van der Waals surface area (Å²) in [6.45, 7) is 0. The van der Waals surface area contributed by atoms with Crippen molar-refractivity contribution in [1.82, 2.24) is 4.98 Å². The van der Waals surface area contributed by atoms with E-state index in [2.05, 4.69) is 4.98 Å². The molecule has 0 amide bonds. The molecule has 1 fully saturated rings. The van der Waals surface area contributed by atoms with E-state index >= 15 is 0 Å². The third-order valence-corrected chi connectivity index (χ3v) is 4.29. The highest BCUT2D eigenvalue weighted by molar-refractivity contribution is 6.05. The summed E-state index contributed by atoms with van der Waals surface area (Å²) in [5.74, 6) is -1.69. The molecule has 132 valence electrons. The maximum absolute atomic E-state index is 12.5. The molecule has 3 aliphatic rings. The van der Waals surface area contributed by atoms with Gasteiger partial charge in [-0.25, -0.2) is 9.78 Å². The van der Waals surface area contributed by atoms with Crippen LogP contribution in [0.1, 0.15) is 23.2 Å². The van der Waals surface area contributed by atoms with Crippen LogP contribution in [0.2, 0.25) is 0 Å². The Morgan fingerprint density at radius 1 is 1.23 bits per heavy atom. The van der Waals surface area contributed by atoms with Gasteiger partial charge in [-0.15, -0.1) is 0 Å². The van der Waals surface area contributed by atoms with Crippen LogP contribution in [0.25, 0.3) is 22.6 Å². The van der Waals surface area contributed by atoms with Crippen LogP contribution in [0.5, 0.6) is 5.75 Å². The first kappa shape index (κ1) is 16.2. The first-order chi connectivity index (χ1) is 12.4. The van der Waals surface area contributed by atoms with Crippen molar-refractivity contribution in [2.45, 2.75) is 25.0 Å². The third-order valence-electron chi connectivity index (χ3n) is 4.29. The maximum atomic E-state index is 12.5. The van der Waals surface area contributed by atoms with E-state index in [-0.39, 0.29) is 46.5 Å². The summed E-state index contributed by atoms with van der Waals surface area (Å²) in [6.07, 6.45) is -2.04. The zero-order valence-electron chi connectivity index (χ0n) is 13.3. The lowest BCUT2D eigenvalue weighted by Gasteiger charge is -2.16. The number of aromatic nitrogens is 1. The second-order valence-electron chi connectivity index (χ2n) is 6.05. The molecule has 8 heteroatoms. The van der Waals surface area contributed by atoms with Crippen molar-refractivity contribution in [3.8, 4) is 17.2 Å². The zero-order valence-corrected chi connectivity index (χ0v) is 13.3. The first-order valence-corrected chi connectivity index (χ1v) is 7.92. The Morgan fingerprint density at radius 3 is 2.77 bits per heavy atom. The minimum Gasteiger partial charge on any atom is -0.507 e. The van der Waals surface area contributed by atoms with Crippen molar-refractivity contribution in [3.63, 3.8) is 0 Å². The number of phenolic OH excluding ortho intramolecular Hbond substituents is 1. The van der Waals surface area contributed by atoms with E-state index in [1.807, 2.05) is 0 Å². The molecule has 0 bridgehead atoms. The number of carbonyl (C=O) groups excluding carboxylic acids is 2. The topological polar surface area (TPSA) is 127 Å².